The van der Waals surface area contributed by atoms with Crippen molar-refractivity contribution in [2.24, 2.45) is 0 Å². The van der Waals surface area contributed by atoms with Crippen LogP contribution in [0.1, 0.15) is 18.5 Å². The number of ether oxygens (including phenoxy) is 2. The van der Waals surface area contributed by atoms with Crippen LogP contribution in [0.4, 0.5) is 4.39 Å². The first-order valence-corrected chi connectivity index (χ1v) is 5.24. The van der Waals surface area contributed by atoms with Crippen LogP contribution in [0.15, 0.2) is 18.2 Å². The summed E-state index contributed by atoms with van der Waals surface area (Å²) in [5.41, 5.74) is 1.05. The largest absolute Gasteiger partial charge is 0.493 e. The molecule has 90 valence electrons. The standard InChI is InChI=1S/C12H18FNO2/c1-9(14-7-6-13)10-4-5-11(15-2)12(8-10)16-3/h4-5,8-9,14H,6-7H2,1-3H3. The van der Waals surface area contributed by atoms with Gasteiger partial charge in [0.1, 0.15) is 6.67 Å². The van der Waals surface area contributed by atoms with Crippen LogP contribution in [0.25, 0.3) is 0 Å². The molecular formula is C12H18FNO2. The summed E-state index contributed by atoms with van der Waals surface area (Å²) in [6.45, 7) is 1.98. The molecule has 0 radical (unpaired) electrons. The molecule has 0 aliphatic heterocycles. The van der Waals surface area contributed by atoms with Crippen molar-refractivity contribution in [1.29, 1.82) is 0 Å². The highest BCUT2D eigenvalue weighted by Crippen LogP contribution is 2.29. The average molecular weight is 227 g/mol. The molecule has 0 fully saturated rings. The second-order valence-corrected chi connectivity index (χ2v) is 3.48. The second-order valence-electron chi connectivity index (χ2n) is 3.48. The summed E-state index contributed by atoms with van der Waals surface area (Å²) in [5.74, 6) is 1.39. The number of hydrogen-bond donors (Lipinski definition) is 1. The summed E-state index contributed by atoms with van der Waals surface area (Å²) in [6, 6.07) is 5.78. The Bertz CT molecular complexity index is 331. The van der Waals surface area contributed by atoms with Gasteiger partial charge in [0.05, 0.1) is 14.2 Å². The molecule has 0 spiro atoms. The maximum Gasteiger partial charge on any atom is 0.161 e. The fourth-order valence-corrected chi connectivity index (χ4v) is 1.51. The summed E-state index contributed by atoms with van der Waals surface area (Å²) < 4.78 is 22.4. The minimum Gasteiger partial charge on any atom is -0.493 e. The predicted molar refractivity (Wildman–Crippen MR) is 61.9 cm³/mol. The molecule has 0 saturated carbocycles. The molecule has 1 rings (SSSR count). The van der Waals surface area contributed by atoms with Crippen LogP contribution in [-0.4, -0.2) is 27.4 Å². The quantitative estimate of drug-likeness (QED) is 0.809. The number of rotatable bonds is 6. The number of methoxy groups -OCH3 is 2. The Morgan fingerprint density at radius 3 is 2.50 bits per heavy atom. The number of halogens is 1. The van der Waals surface area contributed by atoms with E-state index in [0.717, 1.165) is 5.56 Å². The summed E-state index contributed by atoms with van der Waals surface area (Å²) in [6.07, 6.45) is 0. The van der Waals surface area contributed by atoms with Gasteiger partial charge in [-0.05, 0) is 24.6 Å². The van der Waals surface area contributed by atoms with Crippen molar-refractivity contribution in [3.63, 3.8) is 0 Å². The van der Waals surface area contributed by atoms with Gasteiger partial charge in [-0.25, -0.2) is 4.39 Å². The lowest BCUT2D eigenvalue weighted by atomic mass is 10.1. The number of alkyl halides is 1. The zero-order chi connectivity index (χ0) is 12.0. The van der Waals surface area contributed by atoms with Crippen molar-refractivity contribution in [3.05, 3.63) is 23.8 Å². The monoisotopic (exact) mass is 227 g/mol. The topological polar surface area (TPSA) is 30.5 Å². The maximum atomic E-state index is 12.0. The molecule has 0 aromatic heterocycles. The molecule has 1 atom stereocenters. The van der Waals surface area contributed by atoms with Gasteiger partial charge in [-0.3, -0.25) is 0 Å². The number of hydrogen-bond acceptors (Lipinski definition) is 3. The Labute approximate surface area is 95.6 Å². The molecule has 1 aromatic carbocycles. The Morgan fingerprint density at radius 1 is 1.25 bits per heavy atom. The van der Waals surface area contributed by atoms with Crippen molar-refractivity contribution in [1.82, 2.24) is 5.32 Å². The van der Waals surface area contributed by atoms with Crippen molar-refractivity contribution in [2.75, 3.05) is 27.4 Å². The van der Waals surface area contributed by atoms with E-state index in [-0.39, 0.29) is 12.7 Å². The van der Waals surface area contributed by atoms with E-state index in [4.69, 9.17) is 9.47 Å². The first-order chi connectivity index (χ1) is 7.72. The van der Waals surface area contributed by atoms with Crippen LogP contribution in [0.5, 0.6) is 11.5 Å². The summed E-state index contributed by atoms with van der Waals surface area (Å²) in [4.78, 5) is 0. The third-order valence-electron chi connectivity index (χ3n) is 2.45. The first-order valence-electron chi connectivity index (χ1n) is 5.24. The Balaban J connectivity index is 2.81. The Morgan fingerprint density at radius 2 is 1.94 bits per heavy atom. The highest BCUT2D eigenvalue weighted by molar-refractivity contribution is 5.43. The Kier molecular flexibility index (Phi) is 5.05. The Hall–Kier alpha value is -1.29. The molecule has 1 aromatic rings. The van der Waals surface area contributed by atoms with E-state index in [9.17, 15) is 4.39 Å². The van der Waals surface area contributed by atoms with Gasteiger partial charge < -0.3 is 14.8 Å². The summed E-state index contributed by atoms with van der Waals surface area (Å²) in [7, 11) is 3.20. The molecule has 0 bridgehead atoms. The number of benzene rings is 1. The molecule has 3 nitrogen and oxygen atoms in total. The lowest BCUT2D eigenvalue weighted by Crippen LogP contribution is -2.20. The van der Waals surface area contributed by atoms with Crippen LogP contribution in [0, 0.1) is 0 Å². The van der Waals surface area contributed by atoms with Gasteiger partial charge in [0.2, 0.25) is 0 Å². The smallest absolute Gasteiger partial charge is 0.161 e. The average Bonchev–Trinajstić information content (AvgIpc) is 2.34. The molecule has 0 aliphatic rings. The zero-order valence-corrected chi connectivity index (χ0v) is 9.92. The normalized spacial score (nSPS) is 12.2. The highest BCUT2D eigenvalue weighted by Gasteiger charge is 2.09. The van der Waals surface area contributed by atoms with E-state index in [1.54, 1.807) is 14.2 Å². The first kappa shape index (κ1) is 12.8. The second kappa shape index (κ2) is 6.33. The predicted octanol–water partition coefficient (Wildman–Crippen LogP) is 2.32. The van der Waals surface area contributed by atoms with Gasteiger partial charge in [0.15, 0.2) is 11.5 Å². The lowest BCUT2D eigenvalue weighted by molar-refractivity contribution is 0.353. The zero-order valence-electron chi connectivity index (χ0n) is 9.92. The van der Waals surface area contributed by atoms with Crippen LogP contribution < -0.4 is 14.8 Å². The minimum absolute atomic E-state index is 0.0931. The van der Waals surface area contributed by atoms with E-state index in [2.05, 4.69) is 5.32 Å². The molecule has 1 N–H and O–H groups in total. The van der Waals surface area contributed by atoms with Crippen molar-refractivity contribution < 1.29 is 13.9 Å². The van der Waals surface area contributed by atoms with Gasteiger partial charge in [-0.2, -0.15) is 0 Å². The third kappa shape index (κ3) is 3.10. The van der Waals surface area contributed by atoms with Crippen molar-refractivity contribution in [3.8, 4) is 11.5 Å². The van der Waals surface area contributed by atoms with Gasteiger partial charge in [0.25, 0.3) is 0 Å². The van der Waals surface area contributed by atoms with Crippen molar-refractivity contribution >= 4 is 0 Å². The SMILES string of the molecule is COc1ccc(C(C)NCCF)cc1OC. The van der Waals surface area contributed by atoms with Crippen LogP contribution in [0.3, 0.4) is 0 Å². The van der Waals surface area contributed by atoms with Gasteiger partial charge in [-0.15, -0.1) is 0 Å². The molecule has 0 amide bonds. The van der Waals surface area contributed by atoms with Gasteiger partial charge >= 0.3 is 0 Å². The summed E-state index contributed by atoms with van der Waals surface area (Å²) in [5, 5.41) is 3.07. The van der Waals surface area contributed by atoms with Crippen LogP contribution >= 0.6 is 0 Å². The molecule has 1 unspecified atom stereocenters. The van der Waals surface area contributed by atoms with E-state index in [1.807, 2.05) is 25.1 Å². The number of nitrogens with one attached hydrogen (secondary N) is 1. The third-order valence-corrected chi connectivity index (χ3v) is 2.45. The van der Waals surface area contributed by atoms with Crippen molar-refractivity contribution in [2.45, 2.75) is 13.0 Å². The summed E-state index contributed by atoms with van der Waals surface area (Å²) >= 11 is 0. The molecule has 0 heterocycles. The van der Waals surface area contributed by atoms with E-state index in [1.165, 1.54) is 0 Å². The maximum absolute atomic E-state index is 12.0. The van der Waals surface area contributed by atoms with Gasteiger partial charge in [0, 0.05) is 12.6 Å². The van der Waals surface area contributed by atoms with E-state index >= 15 is 0 Å². The molecular weight excluding hydrogens is 209 g/mol. The van der Waals surface area contributed by atoms with E-state index < -0.39 is 0 Å². The highest BCUT2D eigenvalue weighted by atomic mass is 19.1. The molecule has 0 saturated heterocycles. The minimum atomic E-state index is -0.363. The lowest BCUT2D eigenvalue weighted by Gasteiger charge is -2.15. The molecule has 16 heavy (non-hydrogen) atoms. The van der Waals surface area contributed by atoms with Crippen LogP contribution in [0.2, 0.25) is 0 Å². The fourth-order valence-electron chi connectivity index (χ4n) is 1.51. The molecule has 0 aliphatic carbocycles. The molecule has 4 heteroatoms. The van der Waals surface area contributed by atoms with E-state index in [0.29, 0.717) is 18.0 Å². The van der Waals surface area contributed by atoms with Crippen LogP contribution in [-0.2, 0) is 0 Å². The van der Waals surface area contributed by atoms with Gasteiger partial charge in [-0.1, -0.05) is 6.07 Å². The fraction of sp³-hybridized carbons (Fsp3) is 0.500.